The second-order valence-electron chi connectivity index (χ2n) is 6.34. The monoisotopic (exact) mass is 256 g/mol. The Labute approximate surface area is 113 Å². The third-order valence-electron chi connectivity index (χ3n) is 3.78. The molecule has 3 rings (SSSR count). The van der Waals surface area contributed by atoms with E-state index in [1.807, 2.05) is 12.1 Å². The van der Waals surface area contributed by atoms with Crippen molar-refractivity contribution in [3.05, 3.63) is 30.0 Å². The van der Waals surface area contributed by atoms with E-state index in [1.165, 1.54) is 16.5 Å². The molecule has 0 saturated heterocycles. The van der Waals surface area contributed by atoms with Crippen LogP contribution in [0.5, 0.6) is 0 Å². The smallest absolute Gasteiger partial charge is 0.224 e. The first-order chi connectivity index (χ1) is 8.97. The lowest BCUT2D eigenvalue weighted by Crippen LogP contribution is -2.15. The largest absolute Gasteiger partial charge is 0.345 e. The molecule has 1 aromatic carbocycles. The Balaban J connectivity index is 2.31. The lowest BCUT2D eigenvalue weighted by Gasteiger charge is -2.17. The first kappa shape index (κ1) is 12.3. The van der Waals surface area contributed by atoms with E-state index in [-0.39, 0.29) is 11.3 Å². The Morgan fingerprint density at radius 3 is 2.79 bits per heavy atom. The lowest BCUT2D eigenvalue weighted by molar-refractivity contribution is -0.116. The number of carbonyl (C=O) groups is 1. The summed E-state index contributed by atoms with van der Waals surface area (Å²) in [5.41, 5.74) is 3.57. The molecule has 1 aliphatic rings. The normalized spacial score (nSPS) is 16.1. The molecule has 2 heterocycles. The molecule has 3 heteroatoms. The van der Waals surface area contributed by atoms with Crippen LogP contribution < -0.4 is 5.32 Å². The van der Waals surface area contributed by atoms with Gasteiger partial charge in [-0.1, -0.05) is 32.9 Å². The van der Waals surface area contributed by atoms with Crippen LogP contribution in [0.1, 0.15) is 39.2 Å². The van der Waals surface area contributed by atoms with E-state index in [0.717, 1.165) is 18.7 Å². The van der Waals surface area contributed by atoms with Gasteiger partial charge in [-0.05, 0) is 23.5 Å². The second kappa shape index (κ2) is 4.12. The van der Waals surface area contributed by atoms with Crippen LogP contribution in [0, 0.1) is 0 Å². The zero-order valence-corrected chi connectivity index (χ0v) is 11.8. The minimum Gasteiger partial charge on any atom is -0.345 e. The summed E-state index contributed by atoms with van der Waals surface area (Å²) in [7, 11) is 0. The van der Waals surface area contributed by atoms with Gasteiger partial charge in [0.25, 0.3) is 0 Å². The molecular formula is C16H20N2O. The third-order valence-corrected chi connectivity index (χ3v) is 3.78. The molecule has 2 aromatic rings. The Morgan fingerprint density at radius 2 is 2.05 bits per heavy atom. The fourth-order valence-corrected chi connectivity index (χ4v) is 2.86. The zero-order valence-electron chi connectivity index (χ0n) is 11.8. The minimum absolute atomic E-state index is 0.111. The van der Waals surface area contributed by atoms with Gasteiger partial charge in [0.2, 0.25) is 5.91 Å². The number of nitrogens with zero attached hydrogens (tertiary/aromatic N) is 1. The fraction of sp³-hybridized carbons (Fsp3) is 0.438. The van der Waals surface area contributed by atoms with Crippen molar-refractivity contribution in [2.45, 2.75) is 45.6 Å². The summed E-state index contributed by atoms with van der Waals surface area (Å²) in [6.07, 6.45) is 3.75. The van der Waals surface area contributed by atoms with Gasteiger partial charge in [0.05, 0.1) is 11.2 Å². The van der Waals surface area contributed by atoms with E-state index >= 15 is 0 Å². The predicted molar refractivity (Wildman–Crippen MR) is 78.5 cm³/mol. The number of para-hydroxylation sites is 1. The molecule has 1 amide bonds. The summed E-state index contributed by atoms with van der Waals surface area (Å²) < 4.78 is 2.30. The van der Waals surface area contributed by atoms with E-state index in [0.29, 0.717) is 6.42 Å². The van der Waals surface area contributed by atoms with Crippen LogP contribution in [0.3, 0.4) is 0 Å². The highest BCUT2D eigenvalue weighted by molar-refractivity contribution is 6.02. The number of amides is 1. The summed E-state index contributed by atoms with van der Waals surface area (Å²) in [6, 6.07) is 6.18. The molecular weight excluding hydrogens is 236 g/mol. The number of hydrogen-bond donors (Lipinski definition) is 1. The maximum absolute atomic E-state index is 11.8. The molecule has 1 N–H and O–H groups in total. The van der Waals surface area contributed by atoms with Gasteiger partial charge in [0, 0.05) is 24.5 Å². The summed E-state index contributed by atoms with van der Waals surface area (Å²) >= 11 is 0. The lowest BCUT2D eigenvalue weighted by atomic mass is 9.87. The molecule has 0 aliphatic carbocycles. The molecule has 0 saturated carbocycles. The average molecular weight is 256 g/mol. The number of nitrogens with one attached hydrogen (secondary N) is 1. The van der Waals surface area contributed by atoms with Crippen LogP contribution >= 0.6 is 0 Å². The number of anilines is 1. The zero-order chi connectivity index (χ0) is 13.6. The quantitative estimate of drug-likeness (QED) is 0.766. The van der Waals surface area contributed by atoms with Crippen molar-refractivity contribution in [2.75, 3.05) is 5.32 Å². The Bertz CT molecular complexity index is 647. The van der Waals surface area contributed by atoms with Gasteiger partial charge in [-0.15, -0.1) is 0 Å². The van der Waals surface area contributed by atoms with Crippen molar-refractivity contribution >= 4 is 22.5 Å². The number of aryl methyl sites for hydroxylation is 1. The van der Waals surface area contributed by atoms with Crippen LogP contribution in [-0.2, 0) is 16.8 Å². The molecule has 0 radical (unpaired) electrons. The average Bonchev–Trinajstić information content (AvgIpc) is 2.67. The fourth-order valence-electron chi connectivity index (χ4n) is 2.86. The van der Waals surface area contributed by atoms with Crippen molar-refractivity contribution in [1.82, 2.24) is 4.57 Å². The van der Waals surface area contributed by atoms with Gasteiger partial charge in [-0.2, -0.15) is 0 Å². The SMILES string of the molecule is CC(C)(C)c1cn2c3c(cccc13)NC(=O)CCC2. The molecule has 100 valence electrons. The van der Waals surface area contributed by atoms with Crippen LogP contribution in [0.4, 0.5) is 5.69 Å². The number of hydrogen-bond acceptors (Lipinski definition) is 1. The summed E-state index contributed by atoms with van der Waals surface area (Å²) in [5, 5.41) is 4.29. The molecule has 0 atom stereocenters. The van der Waals surface area contributed by atoms with Crippen LogP contribution in [-0.4, -0.2) is 10.5 Å². The van der Waals surface area contributed by atoms with Crippen molar-refractivity contribution in [2.24, 2.45) is 0 Å². The van der Waals surface area contributed by atoms with E-state index in [4.69, 9.17) is 0 Å². The highest BCUT2D eigenvalue weighted by Gasteiger charge is 2.23. The van der Waals surface area contributed by atoms with Gasteiger partial charge >= 0.3 is 0 Å². The van der Waals surface area contributed by atoms with Crippen LogP contribution in [0.2, 0.25) is 0 Å². The number of aromatic nitrogens is 1. The van der Waals surface area contributed by atoms with Crippen molar-refractivity contribution < 1.29 is 4.79 Å². The molecule has 1 aromatic heterocycles. The second-order valence-corrected chi connectivity index (χ2v) is 6.34. The Morgan fingerprint density at radius 1 is 1.26 bits per heavy atom. The van der Waals surface area contributed by atoms with E-state index in [9.17, 15) is 4.79 Å². The molecule has 1 aliphatic heterocycles. The summed E-state index contributed by atoms with van der Waals surface area (Å²) in [6.45, 7) is 7.61. The van der Waals surface area contributed by atoms with Crippen LogP contribution in [0.15, 0.2) is 24.4 Å². The van der Waals surface area contributed by atoms with Gasteiger partial charge < -0.3 is 9.88 Å². The van der Waals surface area contributed by atoms with E-state index in [1.54, 1.807) is 0 Å². The van der Waals surface area contributed by atoms with Gasteiger partial charge in [0.1, 0.15) is 0 Å². The maximum atomic E-state index is 11.8. The molecule has 0 spiro atoms. The molecule has 0 unspecified atom stereocenters. The highest BCUT2D eigenvalue weighted by Crippen LogP contribution is 2.36. The number of rotatable bonds is 0. The standard InChI is InChI=1S/C16H20N2O/c1-16(2,3)12-10-18-9-5-8-14(19)17-13-7-4-6-11(12)15(13)18/h4,6-7,10H,5,8-9H2,1-3H3,(H,17,19). The first-order valence-electron chi connectivity index (χ1n) is 6.89. The predicted octanol–water partition coefficient (Wildman–Crippen LogP) is 3.67. The van der Waals surface area contributed by atoms with Crippen molar-refractivity contribution in [1.29, 1.82) is 0 Å². The number of benzene rings is 1. The first-order valence-corrected chi connectivity index (χ1v) is 6.89. The molecule has 0 bridgehead atoms. The number of carbonyl (C=O) groups excluding carboxylic acids is 1. The van der Waals surface area contributed by atoms with Crippen molar-refractivity contribution in [3.8, 4) is 0 Å². The maximum Gasteiger partial charge on any atom is 0.224 e. The molecule has 0 fully saturated rings. The Kier molecular flexibility index (Phi) is 2.66. The Hall–Kier alpha value is -1.77. The summed E-state index contributed by atoms with van der Waals surface area (Å²) in [4.78, 5) is 11.8. The minimum atomic E-state index is 0.111. The van der Waals surface area contributed by atoms with E-state index < -0.39 is 0 Å². The van der Waals surface area contributed by atoms with Crippen molar-refractivity contribution in [3.63, 3.8) is 0 Å². The van der Waals surface area contributed by atoms with Crippen LogP contribution in [0.25, 0.3) is 10.9 Å². The molecule has 19 heavy (non-hydrogen) atoms. The van der Waals surface area contributed by atoms with Gasteiger partial charge in [-0.25, -0.2) is 0 Å². The summed E-state index contributed by atoms with van der Waals surface area (Å²) in [5.74, 6) is 0.122. The van der Waals surface area contributed by atoms with E-state index in [2.05, 4.69) is 42.9 Å². The topological polar surface area (TPSA) is 34.0 Å². The van der Waals surface area contributed by atoms with Gasteiger partial charge in [-0.3, -0.25) is 4.79 Å². The highest BCUT2D eigenvalue weighted by atomic mass is 16.1. The third kappa shape index (κ3) is 2.03. The molecule has 3 nitrogen and oxygen atoms in total. The van der Waals surface area contributed by atoms with Gasteiger partial charge in [0.15, 0.2) is 0 Å².